The molecule has 0 aliphatic rings. The van der Waals surface area contributed by atoms with Gasteiger partial charge in [-0.3, -0.25) is 9.59 Å². The van der Waals surface area contributed by atoms with Crippen LogP contribution in [0.3, 0.4) is 0 Å². The molecule has 0 aliphatic heterocycles. The van der Waals surface area contributed by atoms with Crippen molar-refractivity contribution in [2.45, 2.75) is 283 Å². The second-order valence-electron chi connectivity index (χ2n) is 23.4. The molecule has 0 saturated heterocycles. The van der Waals surface area contributed by atoms with Gasteiger partial charge in [-0.2, -0.15) is 0 Å². The Bertz CT molecular complexity index is 1780. The van der Waals surface area contributed by atoms with Crippen LogP contribution in [0.25, 0.3) is 0 Å². The molecule has 0 radical (unpaired) electrons. The molecule has 0 heterocycles. The van der Waals surface area contributed by atoms with E-state index in [2.05, 4.69) is 135 Å². The van der Waals surface area contributed by atoms with Gasteiger partial charge in [-0.25, -0.2) is 4.79 Å². The summed E-state index contributed by atoms with van der Waals surface area (Å²) in [6.45, 7) is 4.65. The quantitative estimate of drug-likeness (QED) is 0.0211. The summed E-state index contributed by atoms with van der Waals surface area (Å²) in [4.78, 5) is 37.6. The minimum absolute atomic E-state index is 0.182. The third kappa shape index (κ3) is 65.1. The van der Waals surface area contributed by atoms with Gasteiger partial charge in [0, 0.05) is 12.8 Å². The first-order chi connectivity index (χ1) is 40.6. The third-order valence-electron chi connectivity index (χ3n) is 14.2. The van der Waals surface area contributed by atoms with Gasteiger partial charge in [0.1, 0.15) is 13.2 Å². The average molecular weight is 1160 g/mol. The molecule has 0 saturated carbocycles. The molecule has 2 atom stereocenters. The number of rotatable bonds is 61. The highest BCUT2D eigenvalue weighted by molar-refractivity contribution is 5.71. The first kappa shape index (κ1) is 78.7. The van der Waals surface area contributed by atoms with E-state index in [1.165, 1.54) is 128 Å². The Morgan fingerprint density at radius 3 is 0.964 bits per heavy atom. The second kappa shape index (κ2) is 63.7. The van der Waals surface area contributed by atoms with Crippen LogP contribution in [-0.2, 0) is 33.3 Å². The maximum atomic E-state index is 12.9. The fourth-order valence-corrected chi connectivity index (χ4v) is 9.13. The fourth-order valence-electron chi connectivity index (χ4n) is 9.13. The molecular weight excluding hydrogens is 1030 g/mol. The summed E-state index contributed by atoms with van der Waals surface area (Å²) in [5.74, 6) is -2.01. The molecular formula is C74H126NO8+. The Morgan fingerprint density at radius 1 is 0.361 bits per heavy atom. The number of carbonyl (C=O) groups is 3. The number of esters is 2. The lowest BCUT2D eigenvalue weighted by atomic mass is 10.0. The molecule has 0 aromatic rings. The van der Waals surface area contributed by atoms with Crippen LogP contribution < -0.4 is 0 Å². The van der Waals surface area contributed by atoms with Crippen molar-refractivity contribution in [3.05, 3.63) is 122 Å². The number of carbonyl (C=O) groups excluding carboxylic acids is 2. The molecule has 9 nitrogen and oxygen atoms in total. The predicted octanol–water partition coefficient (Wildman–Crippen LogP) is 20.8. The zero-order chi connectivity index (χ0) is 60.5. The van der Waals surface area contributed by atoms with Gasteiger partial charge in [0.2, 0.25) is 0 Å². The number of unbranched alkanes of at least 4 members (excludes halogenated alkanes) is 26. The summed E-state index contributed by atoms with van der Waals surface area (Å²) in [6, 6.07) is 0. The normalized spacial score (nSPS) is 13.5. The van der Waals surface area contributed by atoms with Crippen molar-refractivity contribution in [2.24, 2.45) is 0 Å². The fraction of sp³-hybridized carbons (Fsp3) is 0.689. The van der Waals surface area contributed by atoms with Crippen molar-refractivity contribution < 1.29 is 42.9 Å². The van der Waals surface area contributed by atoms with E-state index in [-0.39, 0.29) is 38.6 Å². The molecule has 0 aromatic heterocycles. The van der Waals surface area contributed by atoms with Gasteiger partial charge in [-0.1, -0.05) is 277 Å². The molecule has 83 heavy (non-hydrogen) atoms. The van der Waals surface area contributed by atoms with Crippen LogP contribution in [0.1, 0.15) is 271 Å². The molecule has 1 N–H and O–H groups in total. The van der Waals surface area contributed by atoms with E-state index >= 15 is 0 Å². The topological polar surface area (TPSA) is 108 Å². The average Bonchev–Trinajstić information content (AvgIpc) is 3.46. The number of ether oxygens (including phenoxy) is 4. The maximum absolute atomic E-state index is 12.9. The van der Waals surface area contributed by atoms with Crippen molar-refractivity contribution in [1.29, 1.82) is 0 Å². The third-order valence-corrected chi connectivity index (χ3v) is 14.2. The summed E-state index contributed by atoms with van der Waals surface area (Å²) >= 11 is 0. The lowest BCUT2D eigenvalue weighted by molar-refractivity contribution is -0.870. The van der Waals surface area contributed by atoms with Gasteiger partial charge in [-0.15, -0.1) is 0 Å². The molecule has 0 rings (SSSR count). The molecule has 0 aromatic carbocycles. The Morgan fingerprint density at radius 2 is 0.651 bits per heavy atom. The zero-order valence-corrected chi connectivity index (χ0v) is 54.1. The molecule has 0 bridgehead atoms. The number of hydrogen-bond acceptors (Lipinski definition) is 7. The highest BCUT2D eigenvalue weighted by Gasteiger charge is 2.25. The van der Waals surface area contributed by atoms with Crippen molar-refractivity contribution in [1.82, 2.24) is 0 Å². The summed E-state index contributed by atoms with van der Waals surface area (Å²) < 4.78 is 22.9. The minimum Gasteiger partial charge on any atom is -0.477 e. The van der Waals surface area contributed by atoms with Crippen LogP contribution in [0, 0.1) is 0 Å². The monoisotopic (exact) mass is 1160 g/mol. The summed E-state index contributed by atoms with van der Waals surface area (Å²) in [6.07, 6.45) is 87.3. The first-order valence-electron chi connectivity index (χ1n) is 33.7. The summed E-state index contributed by atoms with van der Waals surface area (Å²) in [5, 5.41) is 9.73. The van der Waals surface area contributed by atoms with Gasteiger partial charge in [0.15, 0.2) is 6.10 Å². The number of likely N-dealkylation sites (N-methyl/N-ethyl adjacent to an activating group) is 1. The Kier molecular flexibility index (Phi) is 60.4. The number of quaternary nitrogens is 1. The zero-order valence-electron chi connectivity index (χ0n) is 54.1. The SMILES string of the molecule is CC/C=C\C/C=C\C/C=C\C/C=C\C/C=C\C/C=C\CCCCCCCCCCCCCCCCCCCCC(=O)OC(COC(=O)CCCCCCCCCC/C=C\C/C=C\C/C=C\C/C=C\CC)COC(OCC[N+](C)(C)C)C(=O)O. The Hall–Kier alpha value is -4.31. The Balaban J connectivity index is 4.10. The van der Waals surface area contributed by atoms with Gasteiger partial charge in [0.05, 0.1) is 34.4 Å². The van der Waals surface area contributed by atoms with Crippen LogP contribution in [0.4, 0.5) is 0 Å². The van der Waals surface area contributed by atoms with E-state index < -0.39 is 24.3 Å². The number of nitrogens with zero attached hydrogens (tertiary/aromatic N) is 1. The number of aliphatic carboxylic acids is 1. The molecule has 0 spiro atoms. The first-order valence-corrected chi connectivity index (χ1v) is 33.7. The highest BCUT2D eigenvalue weighted by atomic mass is 16.7. The highest BCUT2D eigenvalue weighted by Crippen LogP contribution is 2.17. The molecule has 474 valence electrons. The summed E-state index contributed by atoms with van der Waals surface area (Å²) in [7, 11) is 5.97. The van der Waals surface area contributed by atoms with Crippen LogP contribution in [0.2, 0.25) is 0 Å². The molecule has 9 heteroatoms. The standard InChI is InChI=1S/C74H125NO8/c1-6-8-10-12-14-16-18-20-22-24-26-28-29-30-31-32-33-34-35-36-37-38-39-40-41-42-43-45-47-49-51-53-55-57-59-61-63-65-72(77)83-70(69-82-74(73(78)79)80-67-66-75(3,4)5)68-81-71(76)64-62-60-58-56-54-52-50-48-46-44-27-25-23-21-19-17-15-13-11-9-7-2/h8-11,14-17,20-23,26-28,30-31,33-34,44,70,74H,6-7,12-13,18-19,24-25,29,32,35-43,45-69H2,1-5H3/p+1/b10-8-,11-9-,16-14-,17-15-,22-20-,23-21-,28-26-,31-30-,34-33-,44-27-. The van der Waals surface area contributed by atoms with Gasteiger partial charge in [-0.05, 0) is 103 Å². The van der Waals surface area contributed by atoms with Crippen LogP contribution in [0.5, 0.6) is 0 Å². The number of carboxylic acid groups (broad SMARTS) is 1. The molecule has 0 amide bonds. The van der Waals surface area contributed by atoms with Gasteiger partial charge in [0.25, 0.3) is 6.29 Å². The number of carboxylic acids is 1. The van der Waals surface area contributed by atoms with Crippen LogP contribution in [-0.4, -0.2) is 87.4 Å². The number of hydrogen-bond donors (Lipinski definition) is 1. The van der Waals surface area contributed by atoms with Crippen molar-refractivity contribution in [3.8, 4) is 0 Å². The van der Waals surface area contributed by atoms with E-state index in [1.54, 1.807) is 0 Å². The lowest BCUT2D eigenvalue weighted by Crippen LogP contribution is -2.40. The van der Waals surface area contributed by atoms with E-state index in [9.17, 15) is 19.5 Å². The smallest absolute Gasteiger partial charge is 0.361 e. The van der Waals surface area contributed by atoms with Gasteiger partial charge >= 0.3 is 17.9 Å². The maximum Gasteiger partial charge on any atom is 0.361 e. The van der Waals surface area contributed by atoms with Crippen molar-refractivity contribution >= 4 is 17.9 Å². The van der Waals surface area contributed by atoms with E-state index in [0.29, 0.717) is 11.0 Å². The van der Waals surface area contributed by atoms with Crippen LogP contribution in [0.15, 0.2) is 122 Å². The van der Waals surface area contributed by atoms with Gasteiger partial charge < -0.3 is 28.5 Å². The second-order valence-corrected chi connectivity index (χ2v) is 23.4. The van der Waals surface area contributed by atoms with Crippen molar-refractivity contribution in [3.63, 3.8) is 0 Å². The van der Waals surface area contributed by atoms with Crippen LogP contribution >= 0.6 is 0 Å². The van der Waals surface area contributed by atoms with E-state index in [1.807, 2.05) is 21.1 Å². The predicted molar refractivity (Wildman–Crippen MR) is 354 cm³/mol. The molecule has 0 fully saturated rings. The van der Waals surface area contributed by atoms with Crippen molar-refractivity contribution in [2.75, 3.05) is 47.5 Å². The van der Waals surface area contributed by atoms with E-state index in [0.717, 1.165) is 116 Å². The minimum atomic E-state index is -1.52. The number of allylic oxidation sites excluding steroid dienone is 20. The lowest BCUT2D eigenvalue weighted by Gasteiger charge is -2.25. The van der Waals surface area contributed by atoms with E-state index in [4.69, 9.17) is 18.9 Å². The largest absolute Gasteiger partial charge is 0.477 e. The Labute approximate surface area is 510 Å². The summed E-state index contributed by atoms with van der Waals surface area (Å²) in [5.41, 5.74) is 0. The molecule has 0 aliphatic carbocycles. The molecule has 2 unspecified atom stereocenters.